The first-order valence-electron chi connectivity index (χ1n) is 12.5. The summed E-state index contributed by atoms with van der Waals surface area (Å²) in [7, 11) is 0. The number of ether oxygens (including phenoxy) is 3. The van der Waals surface area contributed by atoms with Gasteiger partial charge in [0.25, 0.3) is 18.2 Å². The second-order valence-corrected chi connectivity index (χ2v) is 11.2. The summed E-state index contributed by atoms with van der Waals surface area (Å²) in [5, 5.41) is 17.8. The minimum absolute atomic E-state index is 0.0306. The predicted octanol–water partition coefficient (Wildman–Crippen LogP) is 1.53. The zero-order valence-electron chi connectivity index (χ0n) is 23.1. The fraction of sp³-hybridized carbons (Fsp3) is 0.458. The predicted molar refractivity (Wildman–Crippen MR) is 148 cm³/mol. The molecule has 3 amide bonds. The van der Waals surface area contributed by atoms with Crippen molar-refractivity contribution < 1.29 is 52.2 Å². The van der Waals surface area contributed by atoms with E-state index in [0.717, 1.165) is 34.1 Å². The van der Waals surface area contributed by atoms with Crippen molar-refractivity contribution in [2.45, 2.75) is 64.0 Å². The van der Waals surface area contributed by atoms with E-state index in [0.29, 0.717) is 6.08 Å². The number of esters is 1. The highest BCUT2D eigenvalue weighted by atomic mass is 32.2. The molecule has 3 rings (SSSR count). The second-order valence-electron chi connectivity index (χ2n) is 9.20. The van der Waals surface area contributed by atoms with Crippen LogP contribution in [0, 0.1) is 0 Å². The number of halogens is 2. The molecule has 1 fully saturated rings. The number of carbonyl (C=O) groups excluding carboxylic acids is 5. The summed E-state index contributed by atoms with van der Waals surface area (Å²) in [6, 6.07) is -2.05. The Morgan fingerprint density at radius 2 is 1.91 bits per heavy atom. The maximum absolute atomic E-state index is 13.2. The molecule has 3 heterocycles. The number of aromatic nitrogens is 1. The number of oxime groups is 1. The molecule has 1 saturated heterocycles. The van der Waals surface area contributed by atoms with E-state index < -0.39 is 71.8 Å². The lowest BCUT2D eigenvalue weighted by atomic mass is 10.0. The highest BCUT2D eigenvalue weighted by Crippen LogP contribution is 2.41. The number of nitrogens with one attached hydrogen (secondary N) is 2. The van der Waals surface area contributed by atoms with Crippen molar-refractivity contribution in [3.05, 3.63) is 34.5 Å². The summed E-state index contributed by atoms with van der Waals surface area (Å²) in [6.45, 7) is 5.81. The van der Waals surface area contributed by atoms with Gasteiger partial charge in [0, 0.05) is 18.1 Å². The van der Waals surface area contributed by atoms with E-state index in [-0.39, 0.29) is 27.8 Å². The maximum Gasteiger partial charge on any atom is 0.511 e. The van der Waals surface area contributed by atoms with Crippen LogP contribution in [0.15, 0.2) is 34.0 Å². The summed E-state index contributed by atoms with van der Waals surface area (Å²) < 4.78 is 40.6. The number of fused-ring (bicyclic) bond motifs is 1. The third kappa shape index (κ3) is 8.26. The molecule has 1 aromatic heterocycles. The molecule has 4 atom stereocenters. The first kappa shape index (κ1) is 33.4. The summed E-state index contributed by atoms with van der Waals surface area (Å²) in [5.74, 6) is -3.52. The molecule has 15 nitrogen and oxygen atoms in total. The number of rotatable bonds is 11. The summed E-state index contributed by atoms with van der Waals surface area (Å²) in [6.07, 6.45) is -4.45. The second kappa shape index (κ2) is 14.4. The van der Waals surface area contributed by atoms with Crippen molar-refractivity contribution in [3.63, 3.8) is 0 Å². The van der Waals surface area contributed by atoms with Crippen LogP contribution in [0.3, 0.4) is 0 Å². The fourth-order valence-corrected chi connectivity index (χ4v) is 5.63. The maximum atomic E-state index is 13.2. The quantitative estimate of drug-likeness (QED) is 0.0673. The Balaban J connectivity index is 1.76. The van der Waals surface area contributed by atoms with E-state index in [4.69, 9.17) is 19.9 Å². The van der Waals surface area contributed by atoms with Crippen LogP contribution in [0.25, 0.3) is 0 Å². The topological polar surface area (TPSA) is 212 Å². The lowest BCUT2D eigenvalue weighted by Crippen LogP contribution is -2.71. The van der Waals surface area contributed by atoms with Crippen LogP contribution in [-0.2, 0) is 33.4 Å². The van der Waals surface area contributed by atoms with Gasteiger partial charge in [0.1, 0.15) is 22.8 Å². The number of nitrogens with zero attached hydrogens (tertiary/aromatic N) is 3. The van der Waals surface area contributed by atoms with Crippen LogP contribution < -0.4 is 16.4 Å². The molecule has 234 valence electrons. The van der Waals surface area contributed by atoms with Gasteiger partial charge in [-0.15, -0.1) is 23.1 Å². The third-order valence-corrected chi connectivity index (χ3v) is 7.55. The van der Waals surface area contributed by atoms with E-state index >= 15 is 0 Å². The van der Waals surface area contributed by atoms with Crippen molar-refractivity contribution in [2.75, 3.05) is 11.1 Å². The molecule has 43 heavy (non-hydrogen) atoms. The number of amides is 3. The lowest BCUT2D eigenvalue weighted by Gasteiger charge is -2.49. The number of hydrogen-bond acceptors (Lipinski definition) is 14. The fourth-order valence-electron chi connectivity index (χ4n) is 3.62. The van der Waals surface area contributed by atoms with Crippen LogP contribution in [0.5, 0.6) is 0 Å². The monoisotopic (exact) mass is 646 g/mol. The Morgan fingerprint density at radius 3 is 2.51 bits per heavy atom. The van der Waals surface area contributed by atoms with Gasteiger partial charge in [0.05, 0.1) is 12.1 Å². The molecule has 2 aliphatic heterocycles. The summed E-state index contributed by atoms with van der Waals surface area (Å²) >= 11 is 1.99. The van der Waals surface area contributed by atoms with Gasteiger partial charge in [-0.1, -0.05) is 11.2 Å². The molecule has 0 aliphatic carbocycles. The normalized spacial score (nSPS) is 20.0. The number of nitrogens with two attached hydrogens (primary N) is 1. The van der Waals surface area contributed by atoms with Gasteiger partial charge >= 0.3 is 12.1 Å². The van der Waals surface area contributed by atoms with E-state index in [1.807, 2.05) is 0 Å². The van der Waals surface area contributed by atoms with Gasteiger partial charge in [-0.25, -0.2) is 23.4 Å². The summed E-state index contributed by atoms with van der Waals surface area (Å²) in [5.41, 5.74) is 4.47. The Labute approximate surface area is 251 Å². The summed E-state index contributed by atoms with van der Waals surface area (Å²) in [4.78, 5) is 67.7. The lowest BCUT2D eigenvalue weighted by molar-refractivity contribution is -0.169. The van der Waals surface area contributed by atoms with Gasteiger partial charge in [-0.3, -0.25) is 19.3 Å². The molecule has 0 aromatic carbocycles. The smallest absolute Gasteiger partial charge is 0.431 e. The molecular weight excluding hydrogens is 618 g/mol. The van der Waals surface area contributed by atoms with Gasteiger partial charge in [0.2, 0.25) is 12.2 Å². The standard InChI is InChI=1S/C24H28F2N6O9S2/c1-9(2)39-24(37)41-11(4)40-22(36)17-12(5-6-14(25)26)7-42-21-16(20(35)32(17)21)29-19(34)15(31-38)13-8-43-23(28-13)30-18(33)10(3)27/h5-6,8-11,14,16,21,38H,7,27H2,1-4H3,(H,29,34)(H,28,30,33)/b6-5-,31-15-/t10-,11?,16+,21+/m0/s1. The molecule has 0 radical (unpaired) electrons. The number of allylic oxidation sites excluding steroid dienone is 2. The highest BCUT2D eigenvalue weighted by Gasteiger charge is 2.54. The van der Waals surface area contributed by atoms with Crippen LogP contribution in [-0.4, -0.2) is 92.7 Å². The first-order chi connectivity index (χ1) is 20.2. The highest BCUT2D eigenvalue weighted by molar-refractivity contribution is 8.00. The number of thiazole rings is 1. The van der Waals surface area contributed by atoms with Crippen molar-refractivity contribution >= 4 is 63.8 Å². The van der Waals surface area contributed by atoms with E-state index in [1.54, 1.807) is 13.8 Å². The molecular formula is C24H28F2N6O9S2. The van der Waals surface area contributed by atoms with Crippen molar-refractivity contribution in [3.8, 4) is 0 Å². The van der Waals surface area contributed by atoms with Crippen molar-refractivity contribution in [1.29, 1.82) is 0 Å². The molecule has 19 heteroatoms. The van der Waals surface area contributed by atoms with E-state index in [2.05, 4.69) is 20.8 Å². The Bertz CT molecular complexity index is 1360. The average Bonchev–Trinajstić information content (AvgIpc) is 3.37. The molecule has 2 aliphatic rings. The SMILES string of the molecule is CC(C)OC(=O)OC(C)OC(=O)C1=C(/C=C\C(F)F)CS[C@@H]2[C@H](NC(=O)/C(=N\O)c3csc(NC(=O)[C@H](C)N)n3)C(=O)N12. The van der Waals surface area contributed by atoms with Crippen LogP contribution >= 0.6 is 23.1 Å². The van der Waals surface area contributed by atoms with E-state index in [9.17, 15) is 38.0 Å². The largest absolute Gasteiger partial charge is 0.511 e. The number of β-lactam (4-membered cyclic amide) rings is 1. The number of carbonyl (C=O) groups is 5. The van der Waals surface area contributed by atoms with Crippen molar-refractivity contribution in [2.24, 2.45) is 10.9 Å². The average molecular weight is 647 g/mol. The molecule has 0 bridgehead atoms. The number of alkyl halides is 2. The van der Waals surface area contributed by atoms with Crippen molar-refractivity contribution in [1.82, 2.24) is 15.2 Å². The number of hydrogen-bond donors (Lipinski definition) is 4. The molecule has 0 saturated carbocycles. The zero-order chi connectivity index (χ0) is 32.0. The van der Waals surface area contributed by atoms with E-state index in [1.165, 1.54) is 19.2 Å². The Morgan fingerprint density at radius 1 is 1.21 bits per heavy atom. The number of thioether (sulfide) groups is 1. The van der Waals surface area contributed by atoms with Gasteiger partial charge in [-0.2, -0.15) is 0 Å². The Kier molecular flexibility index (Phi) is 11.2. The zero-order valence-corrected chi connectivity index (χ0v) is 24.7. The van der Waals surface area contributed by atoms with Gasteiger partial charge < -0.3 is 35.8 Å². The van der Waals surface area contributed by atoms with Gasteiger partial charge in [-0.05, 0) is 32.4 Å². The molecule has 0 spiro atoms. The number of anilines is 1. The molecule has 1 aromatic rings. The minimum Gasteiger partial charge on any atom is -0.431 e. The molecule has 5 N–H and O–H groups in total. The van der Waals surface area contributed by atoms with Crippen LogP contribution in [0.2, 0.25) is 0 Å². The Hall–Kier alpha value is -4.10. The van der Waals surface area contributed by atoms with Crippen LogP contribution in [0.4, 0.5) is 18.7 Å². The first-order valence-corrected chi connectivity index (χ1v) is 14.4. The van der Waals surface area contributed by atoms with Crippen LogP contribution in [0.1, 0.15) is 33.4 Å². The third-order valence-electron chi connectivity index (χ3n) is 5.49. The minimum atomic E-state index is -2.85. The molecule has 1 unspecified atom stereocenters. The van der Waals surface area contributed by atoms with Gasteiger partial charge in [0.15, 0.2) is 10.8 Å².